The Labute approximate surface area is 139 Å². The maximum absolute atomic E-state index is 12.4. The van der Waals surface area contributed by atoms with E-state index >= 15 is 0 Å². The van der Waals surface area contributed by atoms with E-state index in [9.17, 15) is 4.79 Å². The van der Waals surface area contributed by atoms with E-state index in [0.29, 0.717) is 6.54 Å². The molecule has 1 aliphatic rings. The Morgan fingerprint density at radius 1 is 1.48 bits per heavy atom. The summed E-state index contributed by atoms with van der Waals surface area (Å²) >= 11 is 0. The Morgan fingerprint density at radius 3 is 2.96 bits per heavy atom. The van der Waals surface area contributed by atoms with Gasteiger partial charge in [0.2, 0.25) is 5.91 Å². The van der Waals surface area contributed by atoms with Gasteiger partial charge in [-0.1, -0.05) is 19.1 Å². The summed E-state index contributed by atoms with van der Waals surface area (Å²) in [5.74, 6) is -0.0884. The summed E-state index contributed by atoms with van der Waals surface area (Å²) in [6.07, 6.45) is 2.99. The Kier molecular flexibility index (Phi) is 6.86. The molecule has 0 spiro atoms. The van der Waals surface area contributed by atoms with Crippen LogP contribution in [0, 0.1) is 5.92 Å². The van der Waals surface area contributed by atoms with Crippen molar-refractivity contribution in [1.29, 1.82) is 0 Å². The molecule has 1 amide bonds. The quantitative estimate of drug-likeness (QED) is 0.684. The fourth-order valence-corrected chi connectivity index (χ4v) is 3.23. The second-order valence-corrected chi connectivity index (χ2v) is 6.18. The molecule has 0 saturated carbocycles. The molecule has 23 heavy (non-hydrogen) atoms. The SMILES string of the molecule is CNc1cccc(CCNC(=O)C(C)C(OC)C2CCCN2)c1. The second kappa shape index (κ2) is 8.89. The highest BCUT2D eigenvalue weighted by Gasteiger charge is 2.32. The zero-order chi connectivity index (χ0) is 16.7. The lowest BCUT2D eigenvalue weighted by Gasteiger charge is -2.27. The van der Waals surface area contributed by atoms with Crippen LogP contribution in [0.3, 0.4) is 0 Å². The number of rotatable bonds is 8. The van der Waals surface area contributed by atoms with E-state index in [1.807, 2.05) is 26.1 Å². The Bertz CT molecular complexity index is 501. The molecule has 128 valence electrons. The minimum atomic E-state index is -0.153. The van der Waals surface area contributed by atoms with Gasteiger partial charge in [0.05, 0.1) is 12.0 Å². The Morgan fingerprint density at radius 2 is 2.30 bits per heavy atom. The number of ether oxygens (including phenoxy) is 1. The first-order chi connectivity index (χ1) is 11.2. The lowest BCUT2D eigenvalue weighted by atomic mass is 9.95. The summed E-state index contributed by atoms with van der Waals surface area (Å²) in [5, 5.41) is 9.59. The largest absolute Gasteiger partial charge is 0.388 e. The maximum atomic E-state index is 12.4. The Hall–Kier alpha value is -1.59. The third-order valence-electron chi connectivity index (χ3n) is 4.60. The molecule has 0 bridgehead atoms. The van der Waals surface area contributed by atoms with Crippen molar-refractivity contribution in [2.75, 3.05) is 32.6 Å². The molecule has 2 rings (SSSR count). The summed E-state index contributed by atoms with van der Waals surface area (Å²) < 4.78 is 5.58. The molecule has 3 atom stereocenters. The fraction of sp³-hybridized carbons (Fsp3) is 0.611. The molecule has 1 heterocycles. The average molecular weight is 319 g/mol. The van der Waals surface area contributed by atoms with Gasteiger partial charge in [-0.2, -0.15) is 0 Å². The number of nitrogens with one attached hydrogen (secondary N) is 3. The maximum Gasteiger partial charge on any atom is 0.225 e. The molecule has 5 nitrogen and oxygen atoms in total. The van der Waals surface area contributed by atoms with Crippen LogP contribution in [0.4, 0.5) is 5.69 Å². The zero-order valence-electron chi connectivity index (χ0n) is 14.4. The number of amides is 1. The molecule has 1 saturated heterocycles. The minimum absolute atomic E-state index is 0.0647. The molecular weight excluding hydrogens is 290 g/mol. The van der Waals surface area contributed by atoms with Crippen LogP contribution in [0.2, 0.25) is 0 Å². The molecule has 0 aliphatic carbocycles. The number of anilines is 1. The molecule has 3 unspecified atom stereocenters. The van der Waals surface area contributed by atoms with Crippen molar-refractivity contribution in [2.24, 2.45) is 5.92 Å². The number of carbonyl (C=O) groups is 1. The summed E-state index contributed by atoms with van der Waals surface area (Å²) in [7, 11) is 3.60. The normalized spacial score (nSPS) is 20.0. The van der Waals surface area contributed by atoms with Crippen LogP contribution >= 0.6 is 0 Å². The third-order valence-corrected chi connectivity index (χ3v) is 4.60. The predicted octanol–water partition coefficient (Wildman–Crippen LogP) is 1.79. The first-order valence-electron chi connectivity index (χ1n) is 8.46. The van der Waals surface area contributed by atoms with Gasteiger partial charge in [-0.25, -0.2) is 0 Å². The van der Waals surface area contributed by atoms with Crippen molar-refractivity contribution in [2.45, 2.75) is 38.3 Å². The number of hydrogen-bond acceptors (Lipinski definition) is 4. The van der Waals surface area contributed by atoms with Crippen molar-refractivity contribution < 1.29 is 9.53 Å². The highest BCUT2D eigenvalue weighted by Crippen LogP contribution is 2.19. The van der Waals surface area contributed by atoms with Crippen molar-refractivity contribution in [3.8, 4) is 0 Å². The van der Waals surface area contributed by atoms with E-state index < -0.39 is 0 Å². The van der Waals surface area contributed by atoms with E-state index in [4.69, 9.17) is 4.74 Å². The van der Waals surface area contributed by atoms with Gasteiger partial charge in [0.15, 0.2) is 0 Å². The lowest BCUT2D eigenvalue weighted by molar-refractivity contribution is -0.129. The molecule has 1 aliphatic heterocycles. The first kappa shape index (κ1) is 17.8. The third kappa shape index (κ3) is 4.94. The van der Waals surface area contributed by atoms with Gasteiger partial charge >= 0.3 is 0 Å². The van der Waals surface area contributed by atoms with Crippen LogP contribution in [0.1, 0.15) is 25.3 Å². The lowest BCUT2D eigenvalue weighted by Crippen LogP contribution is -2.46. The smallest absolute Gasteiger partial charge is 0.225 e. The van der Waals surface area contributed by atoms with Crippen molar-refractivity contribution >= 4 is 11.6 Å². The van der Waals surface area contributed by atoms with E-state index in [0.717, 1.165) is 31.5 Å². The monoisotopic (exact) mass is 319 g/mol. The predicted molar refractivity (Wildman–Crippen MR) is 93.7 cm³/mol. The van der Waals surface area contributed by atoms with Gasteiger partial charge in [-0.05, 0) is 43.5 Å². The van der Waals surface area contributed by atoms with Gasteiger partial charge in [0, 0.05) is 32.4 Å². The minimum Gasteiger partial charge on any atom is -0.388 e. The van der Waals surface area contributed by atoms with Crippen LogP contribution in [-0.2, 0) is 16.0 Å². The Balaban J connectivity index is 1.80. The van der Waals surface area contributed by atoms with Crippen molar-refractivity contribution in [3.63, 3.8) is 0 Å². The van der Waals surface area contributed by atoms with Crippen molar-refractivity contribution in [1.82, 2.24) is 10.6 Å². The zero-order valence-corrected chi connectivity index (χ0v) is 14.4. The molecule has 3 N–H and O–H groups in total. The highest BCUT2D eigenvalue weighted by molar-refractivity contribution is 5.79. The van der Waals surface area contributed by atoms with E-state index in [1.54, 1.807) is 7.11 Å². The summed E-state index contributed by atoms with van der Waals surface area (Å²) in [6.45, 7) is 3.61. The highest BCUT2D eigenvalue weighted by atomic mass is 16.5. The molecule has 1 fully saturated rings. The van der Waals surface area contributed by atoms with Crippen LogP contribution in [0.15, 0.2) is 24.3 Å². The number of benzene rings is 1. The molecule has 0 aromatic heterocycles. The standard InChI is InChI=1S/C18H29N3O2/c1-13(17(23-3)16-8-5-10-20-16)18(22)21-11-9-14-6-4-7-15(12-14)19-2/h4,6-7,12-13,16-17,19-20H,5,8-11H2,1-3H3,(H,21,22). The van der Waals surface area contributed by atoms with Gasteiger partial charge in [0.1, 0.15) is 0 Å². The first-order valence-corrected chi connectivity index (χ1v) is 8.46. The molecular formula is C18H29N3O2. The summed E-state index contributed by atoms with van der Waals surface area (Å²) in [6, 6.07) is 8.53. The summed E-state index contributed by atoms with van der Waals surface area (Å²) in [5.41, 5.74) is 2.31. The summed E-state index contributed by atoms with van der Waals surface area (Å²) in [4.78, 5) is 12.4. The molecule has 1 aromatic rings. The van der Waals surface area contributed by atoms with Crippen LogP contribution in [-0.4, -0.2) is 45.3 Å². The van der Waals surface area contributed by atoms with Gasteiger partial charge in [-0.3, -0.25) is 4.79 Å². The number of carbonyl (C=O) groups excluding carboxylic acids is 1. The average Bonchev–Trinajstić information content (AvgIpc) is 3.09. The molecule has 1 aromatic carbocycles. The van der Waals surface area contributed by atoms with Gasteiger partial charge in [0.25, 0.3) is 0 Å². The van der Waals surface area contributed by atoms with Gasteiger partial charge < -0.3 is 20.7 Å². The second-order valence-electron chi connectivity index (χ2n) is 6.18. The van der Waals surface area contributed by atoms with E-state index in [-0.39, 0.29) is 24.0 Å². The fourth-order valence-electron chi connectivity index (χ4n) is 3.23. The van der Waals surface area contributed by atoms with Gasteiger partial charge in [-0.15, -0.1) is 0 Å². The number of hydrogen-bond donors (Lipinski definition) is 3. The van der Waals surface area contributed by atoms with Crippen LogP contribution < -0.4 is 16.0 Å². The van der Waals surface area contributed by atoms with Crippen LogP contribution in [0.25, 0.3) is 0 Å². The molecule has 5 heteroatoms. The topological polar surface area (TPSA) is 62.4 Å². The van der Waals surface area contributed by atoms with E-state index in [2.05, 4.69) is 28.1 Å². The van der Waals surface area contributed by atoms with E-state index in [1.165, 1.54) is 5.56 Å². The molecule has 0 radical (unpaired) electrons. The van der Waals surface area contributed by atoms with Crippen LogP contribution in [0.5, 0.6) is 0 Å². The van der Waals surface area contributed by atoms with Crippen molar-refractivity contribution in [3.05, 3.63) is 29.8 Å². The number of methoxy groups -OCH3 is 1.